The van der Waals surface area contributed by atoms with E-state index in [0.717, 1.165) is 6.04 Å². The average Bonchev–Trinajstić information content (AvgIpc) is 2.79. The third-order valence-corrected chi connectivity index (χ3v) is 4.85. The third-order valence-electron chi connectivity index (χ3n) is 3.17. The van der Waals surface area contributed by atoms with Gasteiger partial charge in [-0.1, -0.05) is 50.1 Å². The van der Waals surface area contributed by atoms with Crippen LogP contribution < -0.4 is 5.32 Å². The zero-order chi connectivity index (χ0) is 11.4. The van der Waals surface area contributed by atoms with Gasteiger partial charge in [-0.3, -0.25) is 0 Å². The second-order valence-electron chi connectivity index (χ2n) is 4.36. The minimum atomic E-state index is 0. The van der Waals surface area contributed by atoms with Crippen LogP contribution in [-0.4, -0.2) is 12.6 Å². The topological polar surface area (TPSA) is 12.0 Å². The van der Waals surface area contributed by atoms with Crippen molar-refractivity contribution in [3.63, 3.8) is 0 Å². The Labute approximate surface area is 131 Å². The second kappa shape index (κ2) is 7.93. The molecule has 2 rings (SSSR count). The molecule has 0 aliphatic carbocycles. The number of hydrogen-bond donors (Lipinski definition) is 1. The molecule has 0 saturated carbocycles. The summed E-state index contributed by atoms with van der Waals surface area (Å²) in [6.07, 6.45) is 5.14. The molecule has 0 amide bonds. The van der Waals surface area contributed by atoms with E-state index in [0.29, 0.717) is 4.83 Å². The van der Waals surface area contributed by atoms with E-state index in [1.54, 1.807) is 0 Å². The van der Waals surface area contributed by atoms with Crippen LogP contribution in [0.2, 0.25) is 0 Å². The van der Waals surface area contributed by atoms with Crippen LogP contribution in [0.4, 0.5) is 0 Å². The summed E-state index contributed by atoms with van der Waals surface area (Å²) in [6.45, 7) is 1.20. The summed E-state index contributed by atoms with van der Waals surface area (Å²) < 4.78 is 1.20. The number of hydrogen-bond acceptors (Lipinski definition) is 1. The van der Waals surface area contributed by atoms with Crippen LogP contribution in [0.1, 0.15) is 36.1 Å². The molecule has 0 aromatic heterocycles. The molecule has 1 aromatic rings. The molecule has 1 aliphatic heterocycles. The molecule has 1 heterocycles. The van der Waals surface area contributed by atoms with Crippen molar-refractivity contribution in [1.29, 1.82) is 0 Å². The van der Waals surface area contributed by atoms with Gasteiger partial charge in [0.1, 0.15) is 0 Å². The summed E-state index contributed by atoms with van der Waals surface area (Å²) >= 11 is 7.39. The Hall–Kier alpha value is 0.620. The first-order valence-electron chi connectivity index (χ1n) is 5.89. The minimum absolute atomic E-state index is 0. The van der Waals surface area contributed by atoms with E-state index in [1.165, 1.54) is 42.3 Å². The zero-order valence-corrected chi connectivity index (χ0v) is 14.5. The van der Waals surface area contributed by atoms with Crippen molar-refractivity contribution in [2.24, 2.45) is 0 Å². The number of benzene rings is 1. The molecule has 1 fully saturated rings. The first kappa shape index (κ1) is 15.7. The molecule has 17 heavy (non-hydrogen) atoms. The maximum Gasteiger partial charge on any atom is 0.0407 e. The smallest absolute Gasteiger partial charge is 0.0407 e. The molecule has 2 unspecified atom stereocenters. The normalized spacial score (nSPS) is 20.9. The fourth-order valence-corrected chi connectivity index (χ4v) is 3.77. The van der Waals surface area contributed by atoms with Gasteiger partial charge in [0.05, 0.1) is 0 Å². The fraction of sp³-hybridized carbons (Fsp3) is 0.538. The van der Waals surface area contributed by atoms with Crippen molar-refractivity contribution in [1.82, 2.24) is 5.32 Å². The Morgan fingerprint density at radius 3 is 2.76 bits per heavy atom. The van der Waals surface area contributed by atoms with E-state index in [-0.39, 0.29) is 17.0 Å². The highest BCUT2D eigenvalue weighted by Crippen LogP contribution is 2.33. The van der Waals surface area contributed by atoms with Crippen molar-refractivity contribution in [3.05, 3.63) is 34.3 Å². The zero-order valence-electron chi connectivity index (χ0n) is 9.66. The van der Waals surface area contributed by atoms with E-state index in [9.17, 15) is 0 Å². The van der Waals surface area contributed by atoms with Crippen LogP contribution in [0.5, 0.6) is 0 Å². The molecule has 0 bridgehead atoms. The lowest BCUT2D eigenvalue weighted by Gasteiger charge is -2.15. The van der Waals surface area contributed by atoms with Crippen LogP contribution in [0.3, 0.4) is 0 Å². The van der Waals surface area contributed by atoms with Crippen molar-refractivity contribution in [3.8, 4) is 0 Å². The standard InChI is InChI=1S/C13H17Br2N.BrH/c14-12-6-2-1-5-11(12)13(15)8-7-10-4-3-9-16-10;/h1-2,5-6,10,13,16H,3-4,7-9H2;1H. The quantitative estimate of drug-likeness (QED) is 0.667. The lowest BCUT2D eigenvalue weighted by atomic mass is 10.0. The molecule has 2 atom stereocenters. The lowest BCUT2D eigenvalue weighted by molar-refractivity contribution is 0.534. The third kappa shape index (κ3) is 4.66. The van der Waals surface area contributed by atoms with Crippen LogP contribution >= 0.6 is 48.8 Å². The van der Waals surface area contributed by atoms with E-state index >= 15 is 0 Å². The van der Waals surface area contributed by atoms with Crippen LogP contribution in [-0.2, 0) is 0 Å². The molecule has 0 spiro atoms. The van der Waals surface area contributed by atoms with Gasteiger partial charge in [-0.25, -0.2) is 0 Å². The van der Waals surface area contributed by atoms with Crippen molar-refractivity contribution in [2.45, 2.75) is 36.6 Å². The van der Waals surface area contributed by atoms with Gasteiger partial charge in [0.15, 0.2) is 0 Å². The average molecular weight is 428 g/mol. The van der Waals surface area contributed by atoms with Crippen LogP contribution in [0.15, 0.2) is 28.7 Å². The van der Waals surface area contributed by atoms with Gasteiger partial charge < -0.3 is 5.32 Å². The highest BCUT2D eigenvalue weighted by Gasteiger charge is 2.17. The van der Waals surface area contributed by atoms with Gasteiger partial charge >= 0.3 is 0 Å². The Kier molecular flexibility index (Phi) is 7.31. The molecular weight excluding hydrogens is 410 g/mol. The van der Waals surface area contributed by atoms with Crippen molar-refractivity contribution >= 4 is 48.8 Å². The summed E-state index contributed by atoms with van der Waals surface area (Å²) in [5.41, 5.74) is 1.36. The van der Waals surface area contributed by atoms with Gasteiger partial charge in [-0.2, -0.15) is 0 Å². The molecule has 1 aromatic carbocycles. The first-order chi connectivity index (χ1) is 7.77. The van der Waals surface area contributed by atoms with E-state index < -0.39 is 0 Å². The molecule has 1 saturated heterocycles. The summed E-state index contributed by atoms with van der Waals surface area (Å²) in [7, 11) is 0. The summed E-state index contributed by atoms with van der Waals surface area (Å²) in [5.74, 6) is 0. The summed E-state index contributed by atoms with van der Waals surface area (Å²) in [4.78, 5) is 0.463. The Balaban J connectivity index is 0.00000144. The number of halogens is 3. The highest BCUT2D eigenvalue weighted by atomic mass is 79.9. The van der Waals surface area contributed by atoms with Gasteiger partial charge in [-0.15, -0.1) is 17.0 Å². The van der Waals surface area contributed by atoms with Crippen molar-refractivity contribution < 1.29 is 0 Å². The molecule has 1 N–H and O–H groups in total. The molecule has 4 heteroatoms. The molecule has 1 aliphatic rings. The molecular formula is C13H18Br3N. The predicted molar refractivity (Wildman–Crippen MR) is 86.4 cm³/mol. The van der Waals surface area contributed by atoms with E-state index in [4.69, 9.17) is 0 Å². The summed E-state index contributed by atoms with van der Waals surface area (Å²) in [6, 6.07) is 9.19. The van der Waals surface area contributed by atoms with Gasteiger partial charge in [0, 0.05) is 15.3 Å². The second-order valence-corrected chi connectivity index (χ2v) is 6.32. The number of rotatable bonds is 4. The predicted octanol–water partition coefficient (Wildman–Crippen LogP) is 5.00. The minimum Gasteiger partial charge on any atom is -0.314 e. The van der Waals surface area contributed by atoms with Crippen LogP contribution in [0.25, 0.3) is 0 Å². The first-order valence-corrected chi connectivity index (χ1v) is 7.60. The molecule has 96 valence electrons. The van der Waals surface area contributed by atoms with Crippen LogP contribution in [0, 0.1) is 0 Å². The Morgan fingerprint density at radius 2 is 2.12 bits per heavy atom. The number of alkyl halides is 1. The monoisotopic (exact) mass is 425 g/mol. The van der Waals surface area contributed by atoms with E-state index in [1.807, 2.05) is 0 Å². The largest absolute Gasteiger partial charge is 0.314 e. The Bertz CT molecular complexity index is 337. The number of nitrogens with one attached hydrogen (secondary N) is 1. The van der Waals surface area contributed by atoms with Gasteiger partial charge in [0.2, 0.25) is 0 Å². The van der Waals surface area contributed by atoms with Gasteiger partial charge in [-0.05, 0) is 43.9 Å². The summed E-state index contributed by atoms with van der Waals surface area (Å²) in [5, 5.41) is 3.55. The molecule has 0 radical (unpaired) electrons. The van der Waals surface area contributed by atoms with Crippen molar-refractivity contribution in [2.75, 3.05) is 6.54 Å². The SMILES string of the molecule is Br.Brc1ccccc1C(Br)CCC1CCCN1. The Morgan fingerprint density at radius 1 is 1.35 bits per heavy atom. The van der Waals surface area contributed by atoms with Gasteiger partial charge in [0.25, 0.3) is 0 Å². The lowest BCUT2D eigenvalue weighted by Crippen LogP contribution is -2.21. The van der Waals surface area contributed by atoms with E-state index in [2.05, 4.69) is 61.4 Å². The maximum absolute atomic E-state index is 3.79. The fourth-order valence-electron chi connectivity index (χ4n) is 2.24. The maximum atomic E-state index is 3.79. The molecule has 1 nitrogen and oxygen atoms in total. The highest BCUT2D eigenvalue weighted by molar-refractivity contribution is 9.11.